The lowest BCUT2D eigenvalue weighted by atomic mass is 10.1. The normalized spacial score (nSPS) is 8.04. The Hall–Kier alpha value is -3.40. The maximum Gasteiger partial charge on any atom is 0.373 e. The van der Waals surface area contributed by atoms with Gasteiger partial charge in [-0.2, -0.15) is 24.4 Å². The molecule has 0 N–H and O–H groups in total. The standard InChI is InChI=1S/C8H11NO2.C6H10O3.2CO2/c1-3-7(4-5-9)6-8(10)11-2;1-3-5(7)4-6(8)9-2;2*2-1-3/h4H,3,6H2,1-2H3;3-4H2,1-2H3;;/b7-4-;;;. The van der Waals surface area contributed by atoms with Crippen LogP contribution in [0.2, 0.25) is 0 Å². The topological polar surface area (TPSA) is 162 Å². The molecule has 0 saturated heterocycles. The zero-order valence-corrected chi connectivity index (χ0v) is 15.0. The molecule has 0 radical (unpaired) electrons. The number of hydrogen-bond donors (Lipinski definition) is 0. The minimum absolute atomic E-state index is 0.0816. The second kappa shape index (κ2) is 26.5. The number of ketones is 1. The van der Waals surface area contributed by atoms with Crippen LogP contribution >= 0.6 is 0 Å². The summed E-state index contributed by atoms with van der Waals surface area (Å²) in [6.07, 6.45) is 3.13. The van der Waals surface area contributed by atoms with Gasteiger partial charge in [0.05, 0.1) is 26.7 Å². The maximum absolute atomic E-state index is 10.7. The van der Waals surface area contributed by atoms with Gasteiger partial charge >= 0.3 is 24.2 Å². The number of carbonyl (C=O) groups excluding carboxylic acids is 7. The molecule has 0 aromatic carbocycles. The number of nitriles is 1. The summed E-state index contributed by atoms with van der Waals surface area (Å²) >= 11 is 0. The van der Waals surface area contributed by atoms with Crippen LogP contribution in [-0.4, -0.2) is 44.2 Å². The summed E-state index contributed by atoms with van der Waals surface area (Å²) in [5.74, 6) is -0.836. The van der Waals surface area contributed by atoms with Crippen molar-refractivity contribution < 1.29 is 43.0 Å². The molecule has 0 atom stereocenters. The molecule has 0 fully saturated rings. The van der Waals surface area contributed by atoms with Crippen LogP contribution in [0.15, 0.2) is 11.6 Å². The van der Waals surface area contributed by atoms with Crippen LogP contribution in [0.4, 0.5) is 0 Å². The van der Waals surface area contributed by atoms with Crippen molar-refractivity contribution in [1.29, 1.82) is 5.26 Å². The molecule has 0 aromatic rings. The summed E-state index contributed by atoms with van der Waals surface area (Å²) in [7, 11) is 2.60. The molecule has 0 heterocycles. The quantitative estimate of drug-likeness (QED) is 0.370. The molecule has 10 heteroatoms. The van der Waals surface area contributed by atoms with E-state index < -0.39 is 5.97 Å². The van der Waals surface area contributed by atoms with Crippen molar-refractivity contribution in [2.24, 2.45) is 0 Å². The molecule has 0 saturated carbocycles. The number of carbonyl (C=O) groups is 3. The Morgan fingerprint density at radius 1 is 0.846 bits per heavy atom. The van der Waals surface area contributed by atoms with Crippen LogP contribution in [0.5, 0.6) is 0 Å². The fraction of sp³-hybridized carbons (Fsp3) is 0.500. The first-order valence-electron chi connectivity index (χ1n) is 6.99. The van der Waals surface area contributed by atoms with Crippen molar-refractivity contribution in [2.45, 2.75) is 39.5 Å². The van der Waals surface area contributed by atoms with E-state index in [0.717, 1.165) is 5.57 Å². The summed E-state index contributed by atoms with van der Waals surface area (Å²) in [6, 6.07) is 1.88. The van der Waals surface area contributed by atoms with Gasteiger partial charge in [-0.15, -0.1) is 0 Å². The SMILES string of the molecule is CC/C(=C/C#N)CC(=O)OC.CCC(=O)CC(=O)OC.O=C=O.O=C=O. The number of ether oxygens (including phenoxy) is 2. The third-order valence-corrected chi connectivity index (χ3v) is 2.29. The zero-order chi connectivity index (χ0) is 21.4. The highest BCUT2D eigenvalue weighted by atomic mass is 16.5. The van der Waals surface area contributed by atoms with Gasteiger partial charge in [0.2, 0.25) is 0 Å². The smallest absolute Gasteiger partial charge is 0.373 e. The Bertz CT molecular complexity index is 521. The summed E-state index contributed by atoms with van der Waals surface area (Å²) in [4.78, 5) is 64.0. The molecule has 0 aliphatic carbocycles. The molecule has 0 amide bonds. The molecule has 0 rings (SSSR count). The number of allylic oxidation sites excluding steroid dienone is 1. The molecular weight excluding hydrogens is 350 g/mol. The van der Waals surface area contributed by atoms with Gasteiger partial charge < -0.3 is 9.47 Å². The van der Waals surface area contributed by atoms with E-state index in [-0.39, 0.29) is 36.9 Å². The predicted octanol–water partition coefficient (Wildman–Crippen LogP) is 0.771. The van der Waals surface area contributed by atoms with Crippen LogP contribution in [0.1, 0.15) is 39.5 Å². The van der Waals surface area contributed by atoms with Gasteiger partial charge in [-0.1, -0.05) is 13.8 Å². The van der Waals surface area contributed by atoms with Gasteiger partial charge in [-0.05, 0) is 12.0 Å². The van der Waals surface area contributed by atoms with Crippen LogP contribution in [0.3, 0.4) is 0 Å². The second-order valence-electron chi connectivity index (χ2n) is 3.85. The highest BCUT2D eigenvalue weighted by molar-refractivity contribution is 5.95. The van der Waals surface area contributed by atoms with E-state index in [1.807, 2.05) is 13.0 Å². The van der Waals surface area contributed by atoms with Gasteiger partial charge in [0, 0.05) is 12.5 Å². The zero-order valence-electron chi connectivity index (χ0n) is 15.0. The van der Waals surface area contributed by atoms with E-state index in [4.69, 9.17) is 24.4 Å². The minimum Gasteiger partial charge on any atom is -0.469 e. The van der Waals surface area contributed by atoms with Crippen molar-refractivity contribution in [2.75, 3.05) is 14.2 Å². The Morgan fingerprint density at radius 3 is 1.50 bits per heavy atom. The monoisotopic (exact) mass is 371 g/mol. The van der Waals surface area contributed by atoms with Gasteiger partial charge in [0.1, 0.15) is 12.2 Å². The maximum atomic E-state index is 10.7. The third kappa shape index (κ3) is 32.5. The number of nitrogens with zero attached hydrogens (tertiary/aromatic N) is 1. The highest BCUT2D eigenvalue weighted by Gasteiger charge is 2.05. The number of hydrogen-bond acceptors (Lipinski definition) is 10. The first-order valence-corrected chi connectivity index (χ1v) is 6.99. The van der Waals surface area contributed by atoms with Crippen molar-refractivity contribution >= 4 is 30.0 Å². The lowest BCUT2D eigenvalue weighted by Gasteiger charge is -1.99. The van der Waals surface area contributed by atoms with E-state index in [0.29, 0.717) is 12.8 Å². The fourth-order valence-corrected chi connectivity index (χ4v) is 0.985. The molecule has 0 spiro atoms. The lowest BCUT2D eigenvalue weighted by Crippen LogP contribution is -2.07. The molecule has 0 aliphatic rings. The molecule has 10 nitrogen and oxygen atoms in total. The predicted molar refractivity (Wildman–Crippen MR) is 82.6 cm³/mol. The van der Waals surface area contributed by atoms with Crippen LogP contribution in [0.25, 0.3) is 0 Å². The van der Waals surface area contributed by atoms with Crippen LogP contribution < -0.4 is 0 Å². The third-order valence-electron chi connectivity index (χ3n) is 2.29. The van der Waals surface area contributed by atoms with Crippen molar-refractivity contribution in [3.05, 3.63) is 11.6 Å². The van der Waals surface area contributed by atoms with E-state index >= 15 is 0 Å². The summed E-state index contributed by atoms with van der Waals surface area (Å²) in [5, 5.41) is 8.27. The summed E-state index contributed by atoms with van der Waals surface area (Å²) in [6.45, 7) is 3.61. The van der Waals surface area contributed by atoms with Crippen molar-refractivity contribution in [3.63, 3.8) is 0 Å². The Labute approximate surface area is 150 Å². The fourth-order valence-electron chi connectivity index (χ4n) is 0.985. The Morgan fingerprint density at radius 2 is 1.23 bits per heavy atom. The minimum atomic E-state index is -0.457. The number of methoxy groups -OCH3 is 2. The highest BCUT2D eigenvalue weighted by Crippen LogP contribution is 2.06. The number of rotatable bonds is 6. The molecule has 0 unspecified atom stereocenters. The molecule has 144 valence electrons. The van der Waals surface area contributed by atoms with E-state index in [1.165, 1.54) is 20.3 Å². The van der Waals surface area contributed by atoms with Crippen LogP contribution in [0, 0.1) is 11.3 Å². The molecule has 26 heavy (non-hydrogen) atoms. The second-order valence-corrected chi connectivity index (χ2v) is 3.85. The molecular formula is C16H21NO9. The molecule has 0 bridgehead atoms. The van der Waals surface area contributed by atoms with Gasteiger partial charge in [-0.3, -0.25) is 14.4 Å². The lowest BCUT2D eigenvalue weighted by molar-refractivity contribution is -0.193. The Kier molecular flexibility index (Phi) is 31.1. The number of Topliss-reactive ketones (excluding diaryl/α,β-unsaturated/α-hetero) is 1. The molecule has 0 aliphatic heterocycles. The average Bonchev–Trinajstić information content (AvgIpc) is 2.62. The van der Waals surface area contributed by atoms with E-state index in [1.54, 1.807) is 6.92 Å². The Balaban J connectivity index is -0.000000144. The van der Waals surface area contributed by atoms with Crippen LogP contribution in [-0.2, 0) is 43.0 Å². The van der Waals surface area contributed by atoms with Gasteiger partial charge in [-0.25, -0.2) is 0 Å². The van der Waals surface area contributed by atoms with Crippen molar-refractivity contribution in [3.8, 4) is 6.07 Å². The molecule has 0 aromatic heterocycles. The number of esters is 2. The summed E-state index contributed by atoms with van der Waals surface area (Å²) < 4.78 is 8.70. The largest absolute Gasteiger partial charge is 0.469 e. The average molecular weight is 371 g/mol. The van der Waals surface area contributed by atoms with Crippen molar-refractivity contribution in [1.82, 2.24) is 0 Å². The first kappa shape index (κ1) is 30.5. The van der Waals surface area contributed by atoms with Gasteiger partial charge in [0.25, 0.3) is 0 Å². The van der Waals surface area contributed by atoms with E-state index in [9.17, 15) is 14.4 Å². The summed E-state index contributed by atoms with van der Waals surface area (Å²) in [5.41, 5.74) is 0.805. The van der Waals surface area contributed by atoms with Gasteiger partial charge in [0.15, 0.2) is 0 Å². The first-order chi connectivity index (χ1) is 12.3. The van der Waals surface area contributed by atoms with E-state index in [2.05, 4.69) is 9.47 Å².